The summed E-state index contributed by atoms with van der Waals surface area (Å²) < 4.78 is 2.88. The molecule has 0 N–H and O–H groups in total. The van der Waals surface area contributed by atoms with Crippen molar-refractivity contribution >= 4 is 11.2 Å². The van der Waals surface area contributed by atoms with Crippen LogP contribution in [0, 0.1) is 19.3 Å². The lowest BCUT2D eigenvalue weighted by Crippen LogP contribution is -2.20. The fourth-order valence-electron chi connectivity index (χ4n) is 1.99. The molecule has 98 valence electrons. The molecule has 0 saturated carbocycles. The van der Waals surface area contributed by atoms with Crippen LogP contribution >= 0.6 is 0 Å². The molecule has 0 atom stereocenters. The molecule has 0 radical (unpaired) electrons. The van der Waals surface area contributed by atoms with Gasteiger partial charge >= 0.3 is 0 Å². The smallest absolute Gasteiger partial charge is 0.284 e. The molecule has 0 fully saturated rings. The average Bonchev–Trinajstić information content (AvgIpc) is 2.87. The van der Waals surface area contributed by atoms with Crippen LogP contribution in [0.1, 0.15) is 5.56 Å². The number of benzene rings is 1. The zero-order valence-electron chi connectivity index (χ0n) is 10.8. The van der Waals surface area contributed by atoms with Gasteiger partial charge in [0.1, 0.15) is 6.33 Å². The number of nitrogens with zero attached hydrogens (tertiary/aromatic N) is 5. The molecule has 0 aliphatic heterocycles. The van der Waals surface area contributed by atoms with Crippen LogP contribution in [0.15, 0.2) is 35.4 Å². The average molecular weight is 265 g/mol. The quantitative estimate of drug-likeness (QED) is 0.646. The van der Waals surface area contributed by atoms with E-state index in [2.05, 4.69) is 21.2 Å². The highest BCUT2D eigenvalue weighted by Gasteiger charge is 2.12. The highest BCUT2D eigenvalue weighted by Crippen LogP contribution is 2.12. The minimum atomic E-state index is -0.285. The number of rotatable bonds is 2. The maximum atomic E-state index is 12.1. The van der Waals surface area contributed by atoms with Crippen molar-refractivity contribution in [1.29, 1.82) is 0 Å². The van der Waals surface area contributed by atoms with Crippen molar-refractivity contribution in [3.63, 3.8) is 0 Å². The van der Waals surface area contributed by atoms with Crippen LogP contribution in [0.4, 0.5) is 0 Å². The Bertz CT molecular complexity index is 884. The second-order valence-electron chi connectivity index (χ2n) is 4.39. The van der Waals surface area contributed by atoms with E-state index in [0.717, 1.165) is 11.3 Å². The predicted molar refractivity (Wildman–Crippen MR) is 74.5 cm³/mol. The van der Waals surface area contributed by atoms with E-state index in [1.165, 1.54) is 10.9 Å². The van der Waals surface area contributed by atoms with E-state index in [-0.39, 0.29) is 17.6 Å². The summed E-state index contributed by atoms with van der Waals surface area (Å²) in [7, 11) is 0. The van der Waals surface area contributed by atoms with Crippen molar-refractivity contribution in [3.05, 3.63) is 46.5 Å². The van der Waals surface area contributed by atoms with Crippen molar-refractivity contribution in [2.45, 2.75) is 13.5 Å². The maximum Gasteiger partial charge on any atom is 0.284 e. The largest absolute Gasteiger partial charge is 0.285 e. The highest BCUT2D eigenvalue weighted by atomic mass is 16.1. The fraction of sp³-hybridized carbons (Fsp3) is 0.143. The second-order valence-corrected chi connectivity index (χ2v) is 4.39. The van der Waals surface area contributed by atoms with Crippen LogP contribution in [-0.2, 0) is 6.54 Å². The van der Waals surface area contributed by atoms with E-state index < -0.39 is 0 Å². The fourth-order valence-corrected chi connectivity index (χ4v) is 1.99. The molecule has 3 rings (SSSR count). The van der Waals surface area contributed by atoms with E-state index in [0.29, 0.717) is 5.65 Å². The number of hydrogen-bond donors (Lipinski definition) is 0. The predicted octanol–water partition coefficient (Wildman–Crippen LogP) is 0.919. The molecule has 20 heavy (non-hydrogen) atoms. The molecule has 0 saturated heterocycles. The minimum absolute atomic E-state index is 0.166. The van der Waals surface area contributed by atoms with E-state index in [1.807, 2.05) is 31.2 Å². The van der Waals surface area contributed by atoms with Crippen LogP contribution in [0.2, 0.25) is 0 Å². The minimum Gasteiger partial charge on any atom is -0.285 e. The first kappa shape index (κ1) is 12.1. The summed E-state index contributed by atoms with van der Waals surface area (Å²) in [4.78, 5) is 16.4. The van der Waals surface area contributed by atoms with Crippen LogP contribution in [-0.4, -0.2) is 24.5 Å². The second kappa shape index (κ2) is 4.63. The van der Waals surface area contributed by atoms with Crippen molar-refractivity contribution < 1.29 is 0 Å². The lowest BCUT2D eigenvalue weighted by atomic mass is 10.2. The Labute approximate surface area is 114 Å². The number of aryl methyl sites for hydroxylation is 1. The molecule has 2 aromatic heterocycles. The molecule has 0 unspecified atom stereocenters. The molecule has 0 spiro atoms. The lowest BCUT2D eigenvalue weighted by molar-refractivity contribution is 0.778. The van der Waals surface area contributed by atoms with Gasteiger partial charge in [-0.3, -0.25) is 9.36 Å². The van der Waals surface area contributed by atoms with Crippen LogP contribution in [0.3, 0.4) is 0 Å². The molecular weight excluding hydrogens is 254 g/mol. The van der Waals surface area contributed by atoms with Gasteiger partial charge in [-0.2, -0.15) is 4.68 Å². The van der Waals surface area contributed by atoms with Crippen LogP contribution in [0.5, 0.6) is 0 Å². The SMILES string of the molecule is C#CCn1cnc2c(nnn2-c2cccc(C)c2)c1=O. The van der Waals surface area contributed by atoms with Gasteiger partial charge in [0.2, 0.25) is 0 Å². The molecular formula is C14H11N5O. The van der Waals surface area contributed by atoms with Crippen LogP contribution in [0.25, 0.3) is 16.9 Å². The Morgan fingerprint density at radius 2 is 2.25 bits per heavy atom. The van der Waals surface area contributed by atoms with Gasteiger partial charge < -0.3 is 0 Å². The summed E-state index contributed by atoms with van der Waals surface area (Å²) in [6.45, 7) is 2.15. The third-order valence-electron chi connectivity index (χ3n) is 2.94. The van der Waals surface area contributed by atoms with Gasteiger partial charge in [0.05, 0.1) is 12.2 Å². The summed E-state index contributed by atoms with van der Waals surface area (Å²) in [6, 6.07) is 7.73. The summed E-state index contributed by atoms with van der Waals surface area (Å²) in [5.41, 5.74) is 2.26. The third-order valence-corrected chi connectivity index (χ3v) is 2.94. The first-order chi connectivity index (χ1) is 9.70. The topological polar surface area (TPSA) is 65.6 Å². The molecule has 6 heteroatoms. The first-order valence-corrected chi connectivity index (χ1v) is 6.02. The van der Waals surface area contributed by atoms with Gasteiger partial charge in [-0.1, -0.05) is 23.3 Å². The van der Waals surface area contributed by atoms with Gasteiger partial charge in [-0.05, 0) is 24.6 Å². The molecule has 0 amide bonds. The third kappa shape index (κ3) is 1.86. The summed E-state index contributed by atoms with van der Waals surface area (Å²) in [6.07, 6.45) is 6.62. The molecule has 0 aliphatic rings. The molecule has 6 nitrogen and oxygen atoms in total. The Kier molecular flexibility index (Phi) is 2.80. The normalized spacial score (nSPS) is 10.6. The van der Waals surface area contributed by atoms with Gasteiger partial charge in [-0.15, -0.1) is 11.5 Å². The van der Waals surface area contributed by atoms with Crippen molar-refractivity contribution in [2.24, 2.45) is 0 Å². The van der Waals surface area contributed by atoms with E-state index in [4.69, 9.17) is 6.42 Å². The highest BCUT2D eigenvalue weighted by molar-refractivity contribution is 5.70. The number of aromatic nitrogens is 5. The maximum absolute atomic E-state index is 12.1. The molecule has 1 aromatic carbocycles. The Morgan fingerprint density at radius 1 is 1.40 bits per heavy atom. The van der Waals surface area contributed by atoms with E-state index in [1.54, 1.807) is 4.68 Å². The molecule has 2 heterocycles. The number of fused-ring (bicyclic) bond motifs is 1. The number of terminal acetylenes is 1. The van der Waals surface area contributed by atoms with Gasteiger partial charge in [0.15, 0.2) is 11.2 Å². The first-order valence-electron chi connectivity index (χ1n) is 6.02. The standard InChI is InChI=1S/C14H11N5O/c1-3-7-18-9-15-13-12(14(18)20)16-17-19(13)11-6-4-5-10(2)8-11/h1,4-6,8-9H,7H2,2H3. The van der Waals surface area contributed by atoms with Crippen molar-refractivity contribution in [2.75, 3.05) is 0 Å². The van der Waals surface area contributed by atoms with Crippen molar-refractivity contribution in [3.8, 4) is 18.0 Å². The Morgan fingerprint density at radius 3 is 3.00 bits per heavy atom. The van der Waals surface area contributed by atoms with Gasteiger partial charge in [0, 0.05) is 0 Å². The molecule has 0 bridgehead atoms. The Hall–Kier alpha value is -2.94. The summed E-state index contributed by atoms with van der Waals surface area (Å²) in [5.74, 6) is 2.40. The van der Waals surface area contributed by atoms with Crippen LogP contribution < -0.4 is 5.56 Å². The zero-order chi connectivity index (χ0) is 14.1. The lowest BCUT2D eigenvalue weighted by Gasteiger charge is -2.03. The Balaban J connectivity index is 2.23. The zero-order valence-corrected chi connectivity index (χ0v) is 10.8. The summed E-state index contributed by atoms with van der Waals surface area (Å²) >= 11 is 0. The molecule has 3 aromatic rings. The van der Waals surface area contributed by atoms with E-state index >= 15 is 0 Å². The van der Waals surface area contributed by atoms with Crippen molar-refractivity contribution in [1.82, 2.24) is 24.5 Å². The molecule has 0 aliphatic carbocycles. The number of hydrogen-bond acceptors (Lipinski definition) is 4. The van der Waals surface area contributed by atoms with Gasteiger partial charge in [0.25, 0.3) is 5.56 Å². The van der Waals surface area contributed by atoms with Gasteiger partial charge in [-0.25, -0.2) is 4.98 Å². The summed E-state index contributed by atoms with van der Waals surface area (Å²) in [5, 5.41) is 7.92. The monoisotopic (exact) mass is 265 g/mol. The van der Waals surface area contributed by atoms with E-state index in [9.17, 15) is 4.79 Å².